The SMILES string of the molecule is CCCCCCC/C=C/CCCC(O)C(O)C(COC1OC(CO)C(O)C(O)C1O)NC(=O)C(O)CCCCCCCCCCCCCCCCCC/C=C\C/C=C\CCCCCCCCCCCCCCC. The monoisotopic (exact) mass is 1040 g/mol. The average Bonchev–Trinajstić information content (AvgIpc) is 3.39. The second-order valence-electron chi connectivity index (χ2n) is 21.8. The van der Waals surface area contributed by atoms with E-state index in [1.54, 1.807) is 0 Å². The Hall–Kier alpha value is -1.67. The summed E-state index contributed by atoms with van der Waals surface area (Å²) in [5.41, 5.74) is 0. The van der Waals surface area contributed by atoms with E-state index in [-0.39, 0.29) is 12.8 Å². The first-order valence-corrected chi connectivity index (χ1v) is 30.9. The van der Waals surface area contributed by atoms with Gasteiger partial charge in [-0.3, -0.25) is 4.79 Å². The molecule has 0 saturated carbocycles. The van der Waals surface area contributed by atoms with Gasteiger partial charge in [0, 0.05) is 0 Å². The number of allylic oxidation sites excluding steroid dienone is 6. The van der Waals surface area contributed by atoms with E-state index in [1.165, 1.54) is 199 Å². The first-order valence-electron chi connectivity index (χ1n) is 30.9. The standard InChI is InChI=1S/C62H117NO10/c1-3-5-7-9-11-13-15-16-17-18-19-20-21-22-23-24-25-26-27-28-29-30-31-32-33-34-35-36-37-38-39-40-42-44-46-48-50-55(66)61(71)63-53(52-72-62-60(70)59(69)58(68)56(51-64)73-62)57(67)54(65)49-47-45-43-41-14-12-10-8-6-4-2/h23-24,26-27,41,43,53-60,62,64-70H,3-22,25,28-40,42,44-52H2,1-2H3,(H,63,71)/b24-23-,27-26-,43-41+. The molecule has 1 rings (SSSR count). The van der Waals surface area contributed by atoms with E-state index in [0.717, 1.165) is 44.9 Å². The van der Waals surface area contributed by atoms with Gasteiger partial charge in [-0.15, -0.1) is 0 Å². The summed E-state index contributed by atoms with van der Waals surface area (Å²) in [5, 5.41) is 75.8. The molecule has 0 bridgehead atoms. The molecule has 0 aliphatic carbocycles. The first-order chi connectivity index (χ1) is 35.7. The zero-order valence-corrected chi connectivity index (χ0v) is 47.1. The van der Waals surface area contributed by atoms with Crippen molar-refractivity contribution in [3.63, 3.8) is 0 Å². The number of aliphatic hydroxyl groups excluding tert-OH is 7. The highest BCUT2D eigenvalue weighted by atomic mass is 16.7. The van der Waals surface area contributed by atoms with Crippen LogP contribution in [0.4, 0.5) is 0 Å². The van der Waals surface area contributed by atoms with Crippen molar-refractivity contribution in [3.8, 4) is 0 Å². The lowest BCUT2D eigenvalue weighted by atomic mass is 9.98. The second kappa shape index (κ2) is 51.1. The fourth-order valence-electron chi connectivity index (χ4n) is 9.89. The van der Waals surface area contributed by atoms with E-state index in [2.05, 4.69) is 55.6 Å². The van der Waals surface area contributed by atoms with Gasteiger partial charge in [0.05, 0.1) is 25.4 Å². The Balaban J connectivity index is 2.12. The highest BCUT2D eigenvalue weighted by Crippen LogP contribution is 2.23. The van der Waals surface area contributed by atoms with Gasteiger partial charge < -0.3 is 50.5 Å². The van der Waals surface area contributed by atoms with Crippen molar-refractivity contribution in [1.82, 2.24) is 5.32 Å². The van der Waals surface area contributed by atoms with Crippen LogP contribution in [0.15, 0.2) is 36.5 Å². The van der Waals surface area contributed by atoms with Crippen molar-refractivity contribution in [1.29, 1.82) is 0 Å². The highest BCUT2D eigenvalue weighted by Gasteiger charge is 2.44. The van der Waals surface area contributed by atoms with Crippen LogP contribution >= 0.6 is 0 Å². The van der Waals surface area contributed by atoms with Gasteiger partial charge in [-0.1, -0.05) is 249 Å². The lowest BCUT2D eigenvalue weighted by Gasteiger charge is -2.40. The molecule has 9 atom stereocenters. The van der Waals surface area contributed by atoms with Crippen LogP contribution in [0.2, 0.25) is 0 Å². The Morgan fingerprint density at radius 2 is 0.849 bits per heavy atom. The zero-order valence-electron chi connectivity index (χ0n) is 47.1. The molecule has 0 radical (unpaired) electrons. The molecule has 1 aliphatic heterocycles. The minimum atomic E-state index is -1.67. The van der Waals surface area contributed by atoms with Crippen LogP contribution in [0.1, 0.15) is 284 Å². The number of rotatable bonds is 53. The van der Waals surface area contributed by atoms with E-state index in [0.29, 0.717) is 12.8 Å². The number of nitrogens with one attached hydrogen (secondary N) is 1. The van der Waals surface area contributed by atoms with Gasteiger partial charge in [0.15, 0.2) is 6.29 Å². The van der Waals surface area contributed by atoms with Gasteiger partial charge >= 0.3 is 0 Å². The van der Waals surface area contributed by atoms with Gasteiger partial charge in [0.2, 0.25) is 5.91 Å². The molecular weight excluding hydrogens is 919 g/mol. The molecule has 1 saturated heterocycles. The molecule has 430 valence electrons. The summed E-state index contributed by atoms with van der Waals surface area (Å²) in [6.07, 6.45) is 52.6. The average molecular weight is 1040 g/mol. The van der Waals surface area contributed by atoms with E-state index in [1.807, 2.05) is 0 Å². The van der Waals surface area contributed by atoms with Crippen molar-refractivity contribution in [2.45, 2.75) is 339 Å². The van der Waals surface area contributed by atoms with Crippen LogP contribution in [0.5, 0.6) is 0 Å². The number of hydrogen-bond acceptors (Lipinski definition) is 10. The maximum Gasteiger partial charge on any atom is 0.249 e. The number of hydrogen-bond donors (Lipinski definition) is 8. The normalized spacial score (nSPS) is 20.2. The predicted molar refractivity (Wildman–Crippen MR) is 302 cm³/mol. The number of carbonyl (C=O) groups excluding carboxylic acids is 1. The quantitative estimate of drug-likeness (QED) is 0.0215. The van der Waals surface area contributed by atoms with Gasteiger partial charge in [0.1, 0.15) is 36.6 Å². The molecule has 1 fully saturated rings. The fraction of sp³-hybridized carbons (Fsp3) is 0.887. The topological polar surface area (TPSA) is 189 Å². The van der Waals surface area contributed by atoms with Gasteiger partial charge in [-0.2, -0.15) is 0 Å². The van der Waals surface area contributed by atoms with Gasteiger partial charge in [0.25, 0.3) is 0 Å². The van der Waals surface area contributed by atoms with E-state index in [9.17, 15) is 40.5 Å². The Morgan fingerprint density at radius 1 is 0.479 bits per heavy atom. The molecule has 8 N–H and O–H groups in total. The van der Waals surface area contributed by atoms with E-state index < -0.39 is 74.2 Å². The van der Waals surface area contributed by atoms with Crippen LogP contribution in [-0.4, -0.2) is 110 Å². The van der Waals surface area contributed by atoms with Crippen LogP contribution in [0.25, 0.3) is 0 Å². The summed E-state index contributed by atoms with van der Waals surface area (Å²) in [7, 11) is 0. The molecule has 0 aromatic carbocycles. The second-order valence-corrected chi connectivity index (χ2v) is 21.8. The van der Waals surface area contributed by atoms with Crippen molar-refractivity contribution in [3.05, 3.63) is 36.5 Å². The summed E-state index contributed by atoms with van der Waals surface area (Å²) in [4.78, 5) is 13.1. The Labute approximate surface area is 447 Å². The summed E-state index contributed by atoms with van der Waals surface area (Å²) in [6.45, 7) is 3.42. The highest BCUT2D eigenvalue weighted by molar-refractivity contribution is 5.80. The number of unbranched alkanes of at least 4 members (excludes halogenated alkanes) is 35. The molecule has 73 heavy (non-hydrogen) atoms. The van der Waals surface area contributed by atoms with Crippen molar-refractivity contribution >= 4 is 5.91 Å². The molecule has 1 aliphatic rings. The largest absolute Gasteiger partial charge is 0.394 e. The maximum absolute atomic E-state index is 13.1. The molecule has 9 unspecified atom stereocenters. The van der Waals surface area contributed by atoms with Crippen molar-refractivity contribution in [2.24, 2.45) is 0 Å². The van der Waals surface area contributed by atoms with Crippen molar-refractivity contribution in [2.75, 3.05) is 13.2 Å². The number of aliphatic hydroxyl groups is 7. The van der Waals surface area contributed by atoms with E-state index in [4.69, 9.17) is 9.47 Å². The number of carbonyl (C=O) groups is 1. The summed E-state index contributed by atoms with van der Waals surface area (Å²) >= 11 is 0. The summed E-state index contributed by atoms with van der Waals surface area (Å²) in [5.74, 6) is -0.706. The molecule has 0 aromatic rings. The third kappa shape index (κ3) is 39.4. The van der Waals surface area contributed by atoms with Gasteiger partial charge in [-0.25, -0.2) is 0 Å². The molecule has 1 amide bonds. The zero-order chi connectivity index (χ0) is 53.3. The van der Waals surface area contributed by atoms with Crippen LogP contribution in [-0.2, 0) is 14.3 Å². The molecule has 11 nitrogen and oxygen atoms in total. The predicted octanol–water partition coefficient (Wildman–Crippen LogP) is 13.5. The van der Waals surface area contributed by atoms with Crippen LogP contribution in [0.3, 0.4) is 0 Å². The number of amides is 1. The van der Waals surface area contributed by atoms with Crippen LogP contribution in [0, 0.1) is 0 Å². The minimum absolute atomic E-state index is 0.255. The number of ether oxygens (including phenoxy) is 2. The molecule has 0 aromatic heterocycles. The van der Waals surface area contributed by atoms with Crippen LogP contribution < -0.4 is 5.32 Å². The molecular formula is C62H117NO10. The maximum atomic E-state index is 13.1. The smallest absolute Gasteiger partial charge is 0.249 e. The van der Waals surface area contributed by atoms with Crippen molar-refractivity contribution < 1.29 is 50.0 Å². The third-order valence-corrected chi connectivity index (χ3v) is 14.9. The molecule has 11 heteroatoms. The first kappa shape index (κ1) is 69.3. The van der Waals surface area contributed by atoms with E-state index >= 15 is 0 Å². The molecule has 1 heterocycles. The Bertz CT molecular complexity index is 1280. The summed E-state index contributed by atoms with van der Waals surface area (Å²) in [6, 6.07) is -1.18. The fourth-order valence-corrected chi connectivity index (χ4v) is 9.89. The Kier molecular flexibility index (Phi) is 48.5. The third-order valence-electron chi connectivity index (χ3n) is 14.9. The lowest BCUT2D eigenvalue weighted by Crippen LogP contribution is -2.60. The van der Waals surface area contributed by atoms with Gasteiger partial charge in [-0.05, 0) is 70.6 Å². The Morgan fingerprint density at radius 3 is 1.26 bits per heavy atom. The minimum Gasteiger partial charge on any atom is -0.394 e. The lowest BCUT2D eigenvalue weighted by molar-refractivity contribution is -0.303. The summed E-state index contributed by atoms with van der Waals surface area (Å²) < 4.78 is 11.1. The molecule has 0 spiro atoms.